The molecule has 2 rings (SSSR count). The molecule has 0 radical (unpaired) electrons. The lowest BCUT2D eigenvalue weighted by Gasteiger charge is -2.15. The second-order valence-electron chi connectivity index (χ2n) is 4.87. The van der Waals surface area contributed by atoms with Crippen LogP contribution in [0.15, 0.2) is 30.3 Å². The highest BCUT2D eigenvalue weighted by Crippen LogP contribution is 2.25. The van der Waals surface area contributed by atoms with Gasteiger partial charge in [0.1, 0.15) is 0 Å². The van der Waals surface area contributed by atoms with E-state index >= 15 is 0 Å². The van der Waals surface area contributed by atoms with E-state index in [2.05, 4.69) is 56.5 Å². The third-order valence-corrected chi connectivity index (χ3v) is 4.14. The molecule has 1 heterocycles. The first kappa shape index (κ1) is 13.3. The molecule has 2 nitrogen and oxygen atoms in total. The van der Waals surface area contributed by atoms with E-state index in [9.17, 15) is 0 Å². The SMILES string of the molecule is Cc1cc(C)cc(CC(NN)c2ccc(C)s2)c1. The van der Waals surface area contributed by atoms with Crippen LogP contribution in [0.2, 0.25) is 0 Å². The molecule has 0 aliphatic carbocycles. The Morgan fingerprint density at radius 2 is 1.78 bits per heavy atom. The maximum absolute atomic E-state index is 5.69. The van der Waals surface area contributed by atoms with Crippen molar-refractivity contribution in [2.24, 2.45) is 5.84 Å². The van der Waals surface area contributed by atoms with Crippen molar-refractivity contribution >= 4 is 11.3 Å². The molecule has 96 valence electrons. The van der Waals surface area contributed by atoms with Crippen LogP contribution in [0.3, 0.4) is 0 Å². The van der Waals surface area contributed by atoms with Crippen LogP contribution >= 0.6 is 11.3 Å². The molecule has 0 bridgehead atoms. The molecule has 3 N–H and O–H groups in total. The topological polar surface area (TPSA) is 38.0 Å². The van der Waals surface area contributed by atoms with Crippen LogP contribution in [-0.2, 0) is 6.42 Å². The quantitative estimate of drug-likeness (QED) is 0.653. The van der Waals surface area contributed by atoms with Gasteiger partial charge in [0.05, 0.1) is 6.04 Å². The summed E-state index contributed by atoms with van der Waals surface area (Å²) in [4.78, 5) is 2.62. The molecule has 1 aromatic carbocycles. The highest BCUT2D eigenvalue weighted by molar-refractivity contribution is 7.12. The summed E-state index contributed by atoms with van der Waals surface area (Å²) in [6.07, 6.45) is 0.930. The van der Waals surface area contributed by atoms with E-state index in [1.54, 1.807) is 11.3 Å². The number of nitrogens with one attached hydrogen (secondary N) is 1. The number of hydrogen-bond donors (Lipinski definition) is 2. The van der Waals surface area contributed by atoms with Gasteiger partial charge < -0.3 is 0 Å². The Balaban J connectivity index is 2.20. The van der Waals surface area contributed by atoms with Crippen LogP contribution in [-0.4, -0.2) is 0 Å². The van der Waals surface area contributed by atoms with Crippen LogP contribution in [0, 0.1) is 20.8 Å². The summed E-state index contributed by atoms with van der Waals surface area (Å²) in [6.45, 7) is 6.39. The van der Waals surface area contributed by atoms with E-state index < -0.39 is 0 Å². The number of nitrogens with two attached hydrogens (primary N) is 1. The first-order valence-corrected chi connectivity index (χ1v) is 7.00. The Bertz CT molecular complexity index is 511. The molecule has 0 fully saturated rings. The van der Waals surface area contributed by atoms with Crippen molar-refractivity contribution in [1.29, 1.82) is 0 Å². The summed E-state index contributed by atoms with van der Waals surface area (Å²) >= 11 is 1.81. The van der Waals surface area contributed by atoms with E-state index in [0.29, 0.717) is 0 Å². The predicted octanol–water partition coefficient (Wildman–Crippen LogP) is 3.42. The summed E-state index contributed by atoms with van der Waals surface area (Å²) in [5.74, 6) is 5.69. The molecule has 0 aliphatic heterocycles. The molecular weight excluding hydrogens is 240 g/mol. The Kier molecular flexibility index (Phi) is 4.17. The van der Waals surface area contributed by atoms with Crippen LogP contribution in [0.4, 0.5) is 0 Å². The van der Waals surface area contributed by atoms with E-state index in [1.807, 2.05) is 0 Å². The molecule has 3 heteroatoms. The minimum Gasteiger partial charge on any atom is -0.271 e. The van der Waals surface area contributed by atoms with Crippen LogP contribution in [0.1, 0.15) is 32.5 Å². The average molecular weight is 260 g/mol. The Labute approximate surface area is 113 Å². The summed E-state index contributed by atoms with van der Waals surface area (Å²) in [5.41, 5.74) is 6.88. The normalized spacial score (nSPS) is 12.7. The van der Waals surface area contributed by atoms with Gasteiger partial charge in [-0.2, -0.15) is 0 Å². The van der Waals surface area contributed by atoms with Crippen molar-refractivity contribution in [3.63, 3.8) is 0 Å². The van der Waals surface area contributed by atoms with Crippen LogP contribution in [0.25, 0.3) is 0 Å². The first-order valence-electron chi connectivity index (χ1n) is 6.18. The fourth-order valence-corrected chi connectivity index (χ4v) is 3.24. The fourth-order valence-electron chi connectivity index (χ4n) is 2.30. The molecule has 1 atom stereocenters. The molecule has 18 heavy (non-hydrogen) atoms. The smallest absolute Gasteiger partial charge is 0.0593 e. The number of aryl methyl sites for hydroxylation is 3. The van der Waals surface area contributed by atoms with Gasteiger partial charge in [0.2, 0.25) is 0 Å². The predicted molar refractivity (Wildman–Crippen MR) is 78.7 cm³/mol. The lowest BCUT2D eigenvalue weighted by molar-refractivity contribution is 0.560. The van der Waals surface area contributed by atoms with Crippen LogP contribution in [0.5, 0.6) is 0 Å². The third kappa shape index (κ3) is 3.19. The zero-order chi connectivity index (χ0) is 13.1. The molecule has 1 unspecified atom stereocenters. The lowest BCUT2D eigenvalue weighted by Crippen LogP contribution is -2.29. The molecule has 1 aromatic heterocycles. The van der Waals surface area contributed by atoms with Crippen molar-refractivity contribution in [1.82, 2.24) is 5.43 Å². The van der Waals surface area contributed by atoms with Crippen LogP contribution < -0.4 is 11.3 Å². The Hall–Kier alpha value is -1.16. The van der Waals surface area contributed by atoms with E-state index in [0.717, 1.165) is 6.42 Å². The molecule has 0 amide bonds. The minimum atomic E-state index is 0.199. The van der Waals surface area contributed by atoms with Gasteiger partial charge in [0, 0.05) is 9.75 Å². The molecule has 0 spiro atoms. The van der Waals surface area contributed by atoms with Crippen molar-refractivity contribution in [2.75, 3.05) is 0 Å². The standard InChI is InChI=1S/C15H20N2S/c1-10-6-11(2)8-13(7-10)9-14(17-16)15-5-4-12(3)18-15/h4-8,14,17H,9,16H2,1-3H3. The van der Waals surface area contributed by atoms with Gasteiger partial charge in [0.15, 0.2) is 0 Å². The van der Waals surface area contributed by atoms with Gasteiger partial charge >= 0.3 is 0 Å². The van der Waals surface area contributed by atoms with Gasteiger partial charge in [0.25, 0.3) is 0 Å². The zero-order valence-electron chi connectivity index (χ0n) is 11.2. The highest BCUT2D eigenvalue weighted by Gasteiger charge is 2.12. The zero-order valence-corrected chi connectivity index (χ0v) is 12.0. The molecule has 0 aliphatic rings. The summed E-state index contributed by atoms with van der Waals surface area (Å²) in [6, 6.07) is 11.2. The van der Waals surface area contributed by atoms with Crippen molar-refractivity contribution in [3.8, 4) is 0 Å². The van der Waals surface area contributed by atoms with Gasteiger partial charge in [-0.25, -0.2) is 0 Å². The lowest BCUT2D eigenvalue weighted by atomic mass is 10.0. The summed E-state index contributed by atoms with van der Waals surface area (Å²) in [5, 5.41) is 0. The third-order valence-electron chi connectivity index (χ3n) is 3.03. The number of benzene rings is 1. The monoisotopic (exact) mass is 260 g/mol. The number of thiophene rings is 1. The first-order chi connectivity index (χ1) is 8.58. The van der Waals surface area contributed by atoms with E-state index in [1.165, 1.54) is 26.4 Å². The van der Waals surface area contributed by atoms with Gasteiger partial charge in [-0.15, -0.1) is 11.3 Å². The molecule has 2 aromatic rings. The Morgan fingerprint density at radius 3 is 2.28 bits per heavy atom. The largest absolute Gasteiger partial charge is 0.271 e. The molecule has 0 saturated heterocycles. The molecule has 0 saturated carbocycles. The molecular formula is C15H20N2S. The van der Waals surface area contributed by atoms with Crippen molar-refractivity contribution in [2.45, 2.75) is 33.2 Å². The highest BCUT2D eigenvalue weighted by atomic mass is 32.1. The number of rotatable bonds is 4. The summed E-state index contributed by atoms with van der Waals surface area (Å²) < 4.78 is 0. The van der Waals surface area contributed by atoms with E-state index in [4.69, 9.17) is 5.84 Å². The Morgan fingerprint density at radius 1 is 1.11 bits per heavy atom. The fraction of sp³-hybridized carbons (Fsp3) is 0.333. The minimum absolute atomic E-state index is 0.199. The number of hydrogen-bond acceptors (Lipinski definition) is 3. The van der Waals surface area contributed by atoms with Gasteiger partial charge in [-0.3, -0.25) is 11.3 Å². The maximum atomic E-state index is 5.69. The second kappa shape index (κ2) is 5.65. The second-order valence-corrected chi connectivity index (χ2v) is 6.19. The van der Waals surface area contributed by atoms with Crippen molar-refractivity contribution in [3.05, 3.63) is 56.8 Å². The van der Waals surface area contributed by atoms with Gasteiger partial charge in [-0.05, 0) is 44.9 Å². The van der Waals surface area contributed by atoms with E-state index in [-0.39, 0.29) is 6.04 Å². The number of hydrazine groups is 1. The van der Waals surface area contributed by atoms with Gasteiger partial charge in [-0.1, -0.05) is 29.3 Å². The average Bonchev–Trinajstić information content (AvgIpc) is 2.71. The summed E-state index contributed by atoms with van der Waals surface area (Å²) in [7, 11) is 0. The van der Waals surface area contributed by atoms with Crippen molar-refractivity contribution < 1.29 is 0 Å². The maximum Gasteiger partial charge on any atom is 0.0593 e.